The molecule has 2 heterocycles. The third kappa shape index (κ3) is 2.95. The van der Waals surface area contributed by atoms with Gasteiger partial charge in [0.05, 0.1) is 6.26 Å². The van der Waals surface area contributed by atoms with E-state index in [2.05, 4.69) is 15.5 Å². The van der Waals surface area contributed by atoms with Crippen molar-refractivity contribution in [3.8, 4) is 11.5 Å². The first-order valence-corrected chi connectivity index (χ1v) is 6.22. The predicted molar refractivity (Wildman–Crippen MR) is 76.0 cm³/mol. The van der Waals surface area contributed by atoms with E-state index in [-0.39, 0.29) is 0 Å². The summed E-state index contributed by atoms with van der Waals surface area (Å²) in [6, 6.07) is 11.6. The van der Waals surface area contributed by atoms with Crippen LogP contribution in [0.5, 0.6) is 0 Å². The summed E-state index contributed by atoms with van der Waals surface area (Å²) in [7, 11) is 0. The standard InChI is InChI=1S/C15H13N3O2/c1(3-14-4-2-10-19-14)9-16-13-7-5-12(6-8-13)15-18-17-11-20-15/h1-8,10-11,16H,9H2. The number of nitrogens with one attached hydrogen (secondary N) is 1. The highest BCUT2D eigenvalue weighted by atomic mass is 16.4. The zero-order chi connectivity index (χ0) is 13.6. The molecule has 5 heteroatoms. The van der Waals surface area contributed by atoms with E-state index >= 15 is 0 Å². The summed E-state index contributed by atoms with van der Waals surface area (Å²) in [5.41, 5.74) is 1.93. The average Bonchev–Trinajstić information content (AvgIpc) is 3.17. The summed E-state index contributed by atoms with van der Waals surface area (Å²) in [6.07, 6.45) is 6.91. The number of furan rings is 1. The Labute approximate surface area is 115 Å². The highest BCUT2D eigenvalue weighted by molar-refractivity contribution is 5.58. The zero-order valence-electron chi connectivity index (χ0n) is 10.7. The van der Waals surface area contributed by atoms with Crippen LogP contribution in [0.1, 0.15) is 5.76 Å². The number of hydrogen-bond donors (Lipinski definition) is 1. The van der Waals surface area contributed by atoms with Crippen LogP contribution in [0.4, 0.5) is 5.69 Å². The molecule has 3 rings (SSSR count). The van der Waals surface area contributed by atoms with E-state index in [1.165, 1.54) is 6.39 Å². The minimum absolute atomic E-state index is 0.522. The third-order valence-electron chi connectivity index (χ3n) is 2.74. The molecule has 0 aliphatic rings. The predicted octanol–water partition coefficient (Wildman–Crippen LogP) is 3.45. The Bertz CT molecular complexity index is 656. The van der Waals surface area contributed by atoms with Crippen molar-refractivity contribution in [2.24, 2.45) is 0 Å². The lowest BCUT2D eigenvalue weighted by Gasteiger charge is -2.03. The van der Waals surface area contributed by atoms with Gasteiger partial charge in [-0.25, -0.2) is 0 Å². The van der Waals surface area contributed by atoms with Gasteiger partial charge >= 0.3 is 0 Å². The number of anilines is 1. The largest absolute Gasteiger partial charge is 0.465 e. The molecule has 3 aromatic rings. The Kier molecular flexibility index (Phi) is 3.59. The molecular formula is C15H13N3O2. The maximum Gasteiger partial charge on any atom is 0.247 e. The molecule has 0 amide bonds. The van der Waals surface area contributed by atoms with Gasteiger partial charge in [-0.1, -0.05) is 6.08 Å². The van der Waals surface area contributed by atoms with Gasteiger partial charge in [0.1, 0.15) is 5.76 Å². The van der Waals surface area contributed by atoms with E-state index < -0.39 is 0 Å². The van der Waals surface area contributed by atoms with Crippen LogP contribution in [0.25, 0.3) is 17.5 Å². The maximum atomic E-state index is 5.20. The van der Waals surface area contributed by atoms with E-state index in [1.54, 1.807) is 6.26 Å². The van der Waals surface area contributed by atoms with Gasteiger partial charge in [-0.3, -0.25) is 0 Å². The van der Waals surface area contributed by atoms with Crippen LogP contribution in [0.3, 0.4) is 0 Å². The molecule has 0 radical (unpaired) electrons. The van der Waals surface area contributed by atoms with E-state index in [9.17, 15) is 0 Å². The van der Waals surface area contributed by atoms with Crippen molar-refractivity contribution in [2.75, 3.05) is 11.9 Å². The van der Waals surface area contributed by atoms with Gasteiger partial charge < -0.3 is 14.2 Å². The van der Waals surface area contributed by atoms with Crippen LogP contribution in [0.2, 0.25) is 0 Å². The van der Waals surface area contributed by atoms with Crippen LogP contribution in [-0.2, 0) is 0 Å². The Morgan fingerprint density at radius 2 is 2.00 bits per heavy atom. The van der Waals surface area contributed by atoms with Gasteiger partial charge in [0.25, 0.3) is 0 Å². The maximum absolute atomic E-state index is 5.20. The first-order chi connectivity index (χ1) is 9.92. The molecule has 0 aliphatic heterocycles. The fourth-order valence-electron chi connectivity index (χ4n) is 1.77. The minimum atomic E-state index is 0.522. The SMILES string of the molecule is C(=Cc1ccco1)CNc1ccc(-c2nnco2)cc1. The third-order valence-corrected chi connectivity index (χ3v) is 2.74. The number of hydrogen-bond acceptors (Lipinski definition) is 5. The molecule has 1 N–H and O–H groups in total. The number of benzene rings is 1. The molecule has 5 nitrogen and oxygen atoms in total. The van der Waals surface area contributed by atoms with E-state index in [4.69, 9.17) is 8.83 Å². The van der Waals surface area contributed by atoms with Crippen molar-refractivity contribution in [1.29, 1.82) is 0 Å². The van der Waals surface area contributed by atoms with Gasteiger partial charge in [0.15, 0.2) is 0 Å². The van der Waals surface area contributed by atoms with Gasteiger partial charge in [0.2, 0.25) is 12.3 Å². The molecule has 100 valence electrons. The highest BCUT2D eigenvalue weighted by Crippen LogP contribution is 2.18. The van der Waals surface area contributed by atoms with E-state index in [0.29, 0.717) is 5.89 Å². The molecule has 0 unspecified atom stereocenters. The summed E-state index contributed by atoms with van der Waals surface area (Å²) < 4.78 is 10.3. The van der Waals surface area contributed by atoms with Gasteiger partial charge in [-0.2, -0.15) is 0 Å². The fraction of sp³-hybridized carbons (Fsp3) is 0.0667. The first kappa shape index (κ1) is 12.2. The molecule has 0 saturated heterocycles. The second-order valence-electron chi connectivity index (χ2n) is 4.12. The molecule has 0 saturated carbocycles. The summed E-state index contributed by atoms with van der Waals surface area (Å²) >= 11 is 0. The normalized spacial score (nSPS) is 11.0. The van der Waals surface area contributed by atoms with Crippen molar-refractivity contribution < 1.29 is 8.83 Å². The monoisotopic (exact) mass is 267 g/mol. The van der Waals surface area contributed by atoms with Gasteiger partial charge in [-0.15, -0.1) is 10.2 Å². The van der Waals surface area contributed by atoms with Crippen molar-refractivity contribution in [2.45, 2.75) is 0 Å². The molecule has 0 bridgehead atoms. The van der Waals surface area contributed by atoms with Crippen LogP contribution >= 0.6 is 0 Å². The van der Waals surface area contributed by atoms with Crippen LogP contribution in [0, 0.1) is 0 Å². The van der Waals surface area contributed by atoms with Gasteiger partial charge in [-0.05, 0) is 42.5 Å². The van der Waals surface area contributed by atoms with Crippen molar-refractivity contribution in [3.63, 3.8) is 0 Å². The first-order valence-electron chi connectivity index (χ1n) is 6.22. The fourth-order valence-corrected chi connectivity index (χ4v) is 1.77. The molecular weight excluding hydrogens is 254 g/mol. The second kappa shape index (κ2) is 5.88. The molecule has 20 heavy (non-hydrogen) atoms. The number of aromatic nitrogens is 2. The van der Waals surface area contributed by atoms with Crippen molar-refractivity contribution >= 4 is 11.8 Å². The van der Waals surface area contributed by atoms with Crippen LogP contribution in [-0.4, -0.2) is 16.7 Å². The Hall–Kier alpha value is -2.82. The lowest BCUT2D eigenvalue weighted by Crippen LogP contribution is -1.97. The summed E-state index contributed by atoms with van der Waals surface area (Å²) in [6.45, 7) is 0.723. The van der Waals surface area contributed by atoms with E-state index in [0.717, 1.165) is 23.6 Å². The molecule has 0 atom stereocenters. The molecule has 0 aliphatic carbocycles. The number of rotatable bonds is 5. The van der Waals surface area contributed by atoms with Crippen LogP contribution in [0.15, 0.2) is 64.0 Å². The van der Waals surface area contributed by atoms with Crippen LogP contribution < -0.4 is 5.32 Å². The Morgan fingerprint density at radius 1 is 1.10 bits per heavy atom. The summed E-state index contributed by atoms with van der Waals surface area (Å²) in [4.78, 5) is 0. The second-order valence-corrected chi connectivity index (χ2v) is 4.12. The molecule has 0 fully saturated rings. The average molecular weight is 267 g/mol. The van der Waals surface area contributed by atoms with Crippen molar-refractivity contribution in [3.05, 3.63) is 60.9 Å². The van der Waals surface area contributed by atoms with E-state index in [1.807, 2.05) is 48.6 Å². The molecule has 2 aromatic heterocycles. The molecule has 1 aromatic carbocycles. The zero-order valence-corrected chi connectivity index (χ0v) is 10.7. The quantitative estimate of drug-likeness (QED) is 0.767. The lowest BCUT2D eigenvalue weighted by atomic mass is 10.2. The summed E-state index contributed by atoms with van der Waals surface area (Å²) in [5, 5.41) is 10.8. The smallest absolute Gasteiger partial charge is 0.247 e. The minimum Gasteiger partial charge on any atom is -0.465 e. The molecule has 0 spiro atoms. The topological polar surface area (TPSA) is 64.1 Å². The number of nitrogens with zero attached hydrogens (tertiary/aromatic N) is 2. The Balaban J connectivity index is 1.56. The summed E-state index contributed by atoms with van der Waals surface area (Å²) in [5.74, 6) is 1.37. The Morgan fingerprint density at radius 3 is 2.70 bits per heavy atom. The van der Waals surface area contributed by atoms with Gasteiger partial charge in [0, 0.05) is 17.8 Å². The highest BCUT2D eigenvalue weighted by Gasteiger charge is 2.02. The lowest BCUT2D eigenvalue weighted by molar-refractivity contribution is 0.557. The van der Waals surface area contributed by atoms with Crippen molar-refractivity contribution in [1.82, 2.24) is 10.2 Å².